The maximum Gasteiger partial charge on any atom is 0.0843 e. The highest BCUT2D eigenvalue weighted by Crippen LogP contribution is 1.73. The van der Waals surface area contributed by atoms with Gasteiger partial charge in [-0.15, -0.1) is 0 Å². The summed E-state index contributed by atoms with van der Waals surface area (Å²) in [5, 5.41) is 7.75. The summed E-state index contributed by atoms with van der Waals surface area (Å²) < 4.78 is 0. The van der Waals surface area contributed by atoms with Crippen LogP contribution in [0.1, 0.15) is 0 Å². The second kappa shape index (κ2) is 3.35. The molecule has 0 radical (unpaired) electrons. The highest BCUT2D eigenvalue weighted by molar-refractivity contribution is 4.24. The fourth-order valence-electron chi connectivity index (χ4n) is 0.125. The summed E-state index contributed by atoms with van der Waals surface area (Å²) in [5.41, 5.74) is 5.07. The van der Waals surface area contributed by atoms with E-state index in [4.69, 9.17) is 5.73 Å². The lowest BCUT2D eigenvalue weighted by atomic mass is 11.0. The van der Waals surface area contributed by atoms with Crippen LogP contribution in [-0.4, -0.2) is 18.7 Å². The molecule has 0 bridgehead atoms. The third kappa shape index (κ3) is 2.98. The van der Waals surface area contributed by atoms with Crippen LogP contribution in [0.15, 0.2) is 10.4 Å². The van der Waals surface area contributed by atoms with Crippen molar-refractivity contribution in [2.45, 2.75) is 0 Å². The molecule has 5 nitrogen and oxygen atoms in total. The SMILES string of the molecule is CN(CN)N=NN. The lowest BCUT2D eigenvalue weighted by Crippen LogP contribution is -2.19. The molecule has 0 rings (SSSR count). The van der Waals surface area contributed by atoms with Gasteiger partial charge in [-0.05, 0) is 0 Å². The van der Waals surface area contributed by atoms with E-state index in [0.29, 0.717) is 6.67 Å². The predicted octanol–water partition coefficient (Wildman–Crippen LogP) is -0.925. The Bertz CT molecular complexity index is 59.1. The van der Waals surface area contributed by atoms with Gasteiger partial charge in [0.2, 0.25) is 0 Å². The van der Waals surface area contributed by atoms with Crippen molar-refractivity contribution < 1.29 is 0 Å². The lowest BCUT2D eigenvalue weighted by molar-refractivity contribution is 0.336. The van der Waals surface area contributed by atoms with Crippen molar-refractivity contribution in [2.75, 3.05) is 13.7 Å². The molecule has 0 saturated heterocycles. The van der Waals surface area contributed by atoms with Gasteiger partial charge in [-0.2, -0.15) is 0 Å². The second-order valence-electron chi connectivity index (χ2n) is 1.05. The fraction of sp³-hybridized carbons (Fsp3) is 1.00. The fourth-order valence-corrected chi connectivity index (χ4v) is 0.125. The first-order valence-electron chi connectivity index (χ1n) is 1.83. The molecular weight excluding hydrogens is 94.1 g/mol. The third-order valence-electron chi connectivity index (χ3n) is 0.469. The number of rotatable bonds is 2. The second-order valence-corrected chi connectivity index (χ2v) is 1.05. The molecule has 0 heterocycles. The van der Waals surface area contributed by atoms with Crippen molar-refractivity contribution in [1.29, 1.82) is 0 Å². The molecule has 7 heavy (non-hydrogen) atoms. The number of nitrogens with two attached hydrogens (primary N) is 2. The van der Waals surface area contributed by atoms with Crippen LogP contribution in [0.3, 0.4) is 0 Å². The summed E-state index contributed by atoms with van der Waals surface area (Å²) in [7, 11) is 1.68. The molecule has 0 amide bonds. The Morgan fingerprint density at radius 3 is 2.43 bits per heavy atom. The summed E-state index contributed by atoms with van der Waals surface area (Å²) in [5.74, 6) is 4.67. The van der Waals surface area contributed by atoms with E-state index in [2.05, 4.69) is 16.3 Å². The van der Waals surface area contributed by atoms with Gasteiger partial charge in [0.15, 0.2) is 0 Å². The number of hydrogen-bond donors (Lipinski definition) is 2. The molecular formula is C2H9N5. The Balaban J connectivity index is 3.16. The molecule has 5 heteroatoms. The van der Waals surface area contributed by atoms with Gasteiger partial charge in [0.25, 0.3) is 0 Å². The van der Waals surface area contributed by atoms with Crippen LogP contribution in [0.4, 0.5) is 0 Å². The zero-order chi connectivity index (χ0) is 5.70. The molecule has 0 aliphatic rings. The molecule has 0 aliphatic heterocycles. The molecule has 0 aromatic carbocycles. The zero-order valence-corrected chi connectivity index (χ0v) is 4.20. The summed E-state index contributed by atoms with van der Waals surface area (Å²) >= 11 is 0. The molecule has 0 fully saturated rings. The molecule has 0 spiro atoms. The van der Waals surface area contributed by atoms with Crippen LogP contribution in [-0.2, 0) is 0 Å². The lowest BCUT2D eigenvalue weighted by Gasteiger charge is -2.03. The Kier molecular flexibility index (Phi) is 2.95. The van der Waals surface area contributed by atoms with E-state index in [0.717, 1.165) is 0 Å². The normalized spacial score (nSPS) is 10.0. The molecule has 0 unspecified atom stereocenters. The quantitative estimate of drug-likeness (QED) is 0.205. The minimum Gasteiger partial charge on any atom is -0.313 e. The number of nitrogens with zero attached hydrogens (tertiary/aromatic N) is 3. The average molecular weight is 103 g/mol. The Morgan fingerprint density at radius 1 is 1.71 bits per heavy atom. The van der Waals surface area contributed by atoms with Gasteiger partial charge >= 0.3 is 0 Å². The standard InChI is InChI=1S/C2H9N5/c1-7(2-3)6-5-4/h2-3H2,1H3,(H2,4,6). The van der Waals surface area contributed by atoms with Crippen molar-refractivity contribution in [2.24, 2.45) is 22.0 Å². The molecule has 0 aromatic rings. The highest BCUT2D eigenvalue weighted by Gasteiger charge is 1.79. The topological polar surface area (TPSA) is 80.0 Å². The maximum atomic E-state index is 5.07. The van der Waals surface area contributed by atoms with Crippen molar-refractivity contribution in [3.63, 3.8) is 0 Å². The minimum atomic E-state index is 0.334. The van der Waals surface area contributed by atoms with Gasteiger partial charge in [0.1, 0.15) is 0 Å². The van der Waals surface area contributed by atoms with Gasteiger partial charge in [-0.3, -0.25) is 5.01 Å². The van der Waals surface area contributed by atoms with Gasteiger partial charge in [0, 0.05) is 7.05 Å². The van der Waals surface area contributed by atoms with Crippen molar-refractivity contribution in [1.82, 2.24) is 5.01 Å². The third-order valence-corrected chi connectivity index (χ3v) is 0.469. The first-order chi connectivity index (χ1) is 3.31. The summed E-state index contributed by atoms with van der Waals surface area (Å²) in [6.07, 6.45) is 0. The van der Waals surface area contributed by atoms with Crippen LogP contribution >= 0.6 is 0 Å². The van der Waals surface area contributed by atoms with Crippen molar-refractivity contribution >= 4 is 0 Å². The van der Waals surface area contributed by atoms with Crippen LogP contribution in [0, 0.1) is 0 Å². The van der Waals surface area contributed by atoms with E-state index in [1.165, 1.54) is 5.01 Å². The predicted molar refractivity (Wildman–Crippen MR) is 25.9 cm³/mol. The van der Waals surface area contributed by atoms with E-state index < -0.39 is 0 Å². The minimum absolute atomic E-state index is 0.334. The van der Waals surface area contributed by atoms with Crippen LogP contribution in [0.25, 0.3) is 0 Å². The van der Waals surface area contributed by atoms with Crippen LogP contribution < -0.4 is 11.6 Å². The van der Waals surface area contributed by atoms with Gasteiger partial charge < -0.3 is 11.6 Å². The van der Waals surface area contributed by atoms with E-state index in [1.54, 1.807) is 7.05 Å². The van der Waals surface area contributed by atoms with Crippen LogP contribution in [0.5, 0.6) is 0 Å². The molecule has 0 atom stereocenters. The van der Waals surface area contributed by atoms with Crippen molar-refractivity contribution in [3.8, 4) is 0 Å². The first-order valence-corrected chi connectivity index (χ1v) is 1.83. The Labute approximate surface area is 41.9 Å². The van der Waals surface area contributed by atoms with Gasteiger partial charge in [0.05, 0.1) is 6.67 Å². The monoisotopic (exact) mass is 103 g/mol. The average Bonchev–Trinajstić information content (AvgIpc) is 1.68. The van der Waals surface area contributed by atoms with Gasteiger partial charge in [-0.1, -0.05) is 10.4 Å². The molecule has 4 N–H and O–H groups in total. The van der Waals surface area contributed by atoms with E-state index in [-0.39, 0.29) is 0 Å². The first kappa shape index (κ1) is 6.16. The molecule has 0 saturated carbocycles. The smallest absolute Gasteiger partial charge is 0.0843 e. The summed E-state index contributed by atoms with van der Waals surface area (Å²) in [6.45, 7) is 0.334. The van der Waals surface area contributed by atoms with Crippen LogP contribution in [0.2, 0.25) is 0 Å². The highest BCUT2D eigenvalue weighted by atomic mass is 15.6. The van der Waals surface area contributed by atoms with E-state index >= 15 is 0 Å². The summed E-state index contributed by atoms with van der Waals surface area (Å²) in [4.78, 5) is 0. The zero-order valence-electron chi connectivity index (χ0n) is 4.20. The van der Waals surface area contributed by atoms with Gasteiger partial charge in [-0.25, -0.2) is 0 Å². The largest absolute Gasteiger partial charge is 0.313 e. The van der Waals surface area contributed by atoms with Crippen molar-refractivity contribution in [3.05, 3.63) is 0 Å². The Morgan fingerprint density at radius 2 is 2.29 bits per heavy atom. The number of hydrogen-bond acceptors (Lipinski definition) is 3. The maximum absolute atomic E-state index is 5.07. The van der Waals surface area contributed by atoms with E-state index in [9.17, 15) is 0 Å². The Hall–Kier alpha value is -0.840. The molecule has 42 valence electrons. The summed E-state index contributed by atoms with van der Waals surface area (Å²) in [6, 6.07) is 0. The molecule has 0 aromatic heterocycles. The van der Waals surface area contributed by atoms with E-state index in [1.807, 2.05) is 0 Å². The molecule has 0 aliphatic carbocycles.